The Kier molecular flexibility index (Phi) is 5.48. The third-order valence-corrected chi connectivity index (χ3v) is 5.97. The summed E-state index contributed by atoms with van der Waals surface area (Å²) in [6, 6.07) is 13.4. The normalized spacial score (nSPS) is 21.3. The highest BCUT2D eigenvalue weighted by molar-refractivity contribution is 6.46. The molecule has 2 aliphatic rings. The van der Waals surface area contributed by atoms with Crippen LogP contribution < -0.4 is 9.47 Å². The van der Waals surface area contributed by atoms with Crippen LogP contribution in [-0.2, 0) is 9.59 Å². The molecule has 0 bridgehead atoms. The Morgan fingerprint density at radius 3 is 2.27 bits per heavy atom. The molecule has 0 aromatic heterocycles. The van der Waals surface area contributed by atoms with Crippen molar-refractivity contribution in [2.24, 2.45) is 0 Å². The van der Waals surface area contributed by atoms with Crippen LogP contribution in [0.4, 0.5) is 0 Å². The minimum atomic E-state index is -0.650. The van der Waals surface area contributed by atoms with E-state index in [2.05, 4.69) is 0 Å². The van der Waals surface area contributed by atoms with Gasteiger partial charge in [-0.2, -0.15) is 0 Å². The van der Waals surface area contributed by atoms with Crippen molar-refractivity contribution in [3.05, 3.63) is 65.2 Å². The Morgan fingerprint density at radius 2 is 1.63 bits per heavy atom. The van der Waals surface area contributed by atoms with Crippen molar-refractivity contribution >= 4 is 17.4 Å². The van der Waals surface area contributed by atoms with Gasteiger partial charge in [0.2, 0.25) is 0 Å². The molecule has 1 amide bonds. The molecule has 0 spiro atoms. The number of aliphatic hydroxyl groups is 1. The van der Waals surface area contributed by atoms with Crippen LogP contribution in [0.25, 0.3) is 5.76 Å². The number of carbonyl (C=O) groups is 2. The molecule has 1 aliphatic heterocycles. The largest absolute Gasteiger partial charge is 0.507 e. The van der Waals surface area contributed by atoms with Crippen molar-refractivity contribution < 1.29 is 24.2 Å². The third-order valence-electron chi connectivity index (χ3n) is 5.97. The van der Waals surface area contributed by atoms with Crippen LogP contribution in [0.5, 0.6) is 11.5 Å². The van der Waals surface area contributed by atoms with Gasteiger partial charge in [0.15, 0.2) is 0 Å². The topological polar surface area (TPSA) is 76.1 Å². The van der Waals surface area contributed by atoms with Gasteiger partial charge in [-0.25, -0.2) is 0 Å². The van der Waals surface area contributed by atoms with Gasteiger partial charge >= 0.3 is 0 Å². The molecule has 4 rings (SSSR count). The molecule has 1 unspecified atom stereocenters. The molecular formula is C24H25NO5. The van der Waals surface area contributed by atoms with E-state index < -0.39 is 17.7 Å². The van der Waals surface area contributed by atoms with E-state index in [-0.39, 0.29) is 17.4 Å². The molecule has 1 saturated carbocycles. The number of rotatable bonds is 5. The summed E-state index contributed by atoms with van der Waals surface area (Å²) in [5, 5.41) is 11.1. The number of hydrogen-bond donors (Lipinski definition) is 1. The van der Waals surface area contributed by atoms with Gasteiger partial charge in [0.05, 0.1) is 25.8 Å². The first-order valence-electron chi connectivity index (χ1n) is 10.1. The molecule has 2 aromatic carbocycles. The Morgan fingerprint density at radius 1 is 0.967 bits per heavy atom. The number of benzene rings is 2. The van der Waals surface area contributed by atoms with Crippen molar-refractivity contribution in [2.75, 3.05) is 14.2 Å². The van der Waals surface area contributed by atoms with Gasteiger partial charge < -0.3 is 19.5 Å². The SMILES string of the molecule is COc1ccc(/C(O)=C2/C(=O)C(=O)N(C3CCCC3)C2c2cccc(OC)c2)cc1. The quantitative estimate of drug-likeness (QED) is 0.459. The molecule has 156 valence electrons. The van der Waals surface area contributed by atoms with Crippen LogP contribution in [-0.4, -0.2) is 42.0 Å². The number of ether oxygens (including phenoxy) is 2. The van der Waals surface area contributed by atoms with E-state index in [0.29, 0.717) is 17.1 Å². The minimum Gasteiger partial charge on any atom is -0.507 e. The Bertz CT molecular complexity index is 989. The van der Waals surface area contributed by atoms with E-state index >= 15 is 0 Å². The summed E-state index contributed by atoms with van der Waals surface area (Å²) in [6.45, 7) is 0. The number of amides is 1. The predicted octanol–water partition coefficient (Wildman–Crippen LogP) is 4.07. The van der Waals surface area contributed by atoms with Gasteiger partial charge in [-0.1, -0.05) is 25.0 Å². The number of carbonyl (C=O) groups excluding carboxylic acids is 2. The van der Waals surface area contributed by atoms with E-state index in [1.807, 2.05) is 24.3 Å². The van der Waals surface area contributed by atoms with Gasteiger partial charge in [0.1, 0.15) is 17.3 Å². The zero-order valence-electron chi connectivity index (χ0n) is 17.1. The molecule has 30 heavy (non-hydrogen) atoms. The first-order chi connectivity index (χ1) is 14.5. The molecular weight excluding hydrogens is 382 g/mol. The first kappa shape index (κ1) is 20.0. The number of ketones is 1. The second kappa shape index (κ2) is 8.22. The summed E-state index contributed by atoms with van der Waals surface area (Å²) in [6.07, 6.45) is 3.76. The fourth-order valence-corrected chi connectivity index (χ4v) is 4.45. The molecule has 1 N–H and O–H groups in total. The van der Waals surface area contributed by atoms with Gasteiger partial charge in [-0.05, 0) is 54.8 Å². The average Bonchev–Trinajstić information content (AvgIpc) is 3.40. The molecule has 6 nitrogen and oxygen atoms in total. The molecule has 1 heterocycles. The Labute approximate surface area is 175 Å². The van der Waals surface area contributed by atoms with Crippen molar-refractivity contribution in [3.8, 4) is 11.5 Å². The van der Waals surface area contributed by atoms with Crippen molar-refractivity contribution in [1.82, 2.24) is 4.90 Å². The number of hydrogen-bond acceptors (Lipinski definition) is 5. The summed E-state index contributed by atoms with van der Waals surface area (Å²) >= 11 is 0. The van der Waals surface area contributed by atoms with Crippen LogP contribution >= 0.6 is 0 Å². The lowest BCUT2D eigenvalue weighted by Gasteiger charge is -2.31. The smallest absolute Gasteiger partial charge is 0.295 e. The number of Topliss-reactive ketones (excluding diaryl/α,β-unsaturated/α-hetero) is 1. The average molecular weight is 407 g/mol. The highest BCUT2D eigenvalue weighted by Crippen LogP contribution is 2.44. The summed E-state index contributed by atoms with van der Waals surface area (Å²) in [4.78, 5) is 27.8. The maximum Gasteiger partial charge on any atom is 0.295 e. The van der Waals surface area contributed by atoms with E-state index in [1.54, 1.807) is 43.4 Å². The molecule has 1 aliphatic carbocycles. The maximum absolute atomic E-state index is 13.1. The van der Waals surface area contributed by atoms with Gasteiger partial charge in [-0.3, -0.25) is 9.59 Å². The monoisotopic (exact) mass is 407 g/mol. The zero-order chi connectivity index (χ0) is 21.3. The summed E-state index contributed by atoms with van der Waals surface area (Å²) < 4.78 is 10.5. The number of methoxy groups -OCH3 is 2. The highest BCUT2D eigenvalue weighted by atomic mass is 16.5. The first-order valence-corrected chi connectivity index (χ1v) is 10.1. The fraction of sp³-hybridized carbons (Fsp3) is 0.333. The summed E-state index contributed by atoms with van der Waals surface area (Å²) in [7, 11) is 3.13. The van der Waals surface area contributed by atoms with E-state index in [9.17, 15) is 14.7 Å². The third kappa shape index (κ3) is 3.43. The predicted molar refractivity (Wildman–Crippen MR) is 112 cm³/mol. The maximum atomic E-state index is 13.1. The lowest BCUT2D eigenvalue weighted by atomic mass is 9.94. The summed E-state index contributed by atoms with van der Waals surface area (Å²) in [5.74, 6) is -0.103. The summed E-state index contributed by atoms with van der Waals surface area (Å²) in [5.41, 5.74) is 1.33. The molecule has 2 aromatic rings. The van der Waals surface area contributed by atoms with Crippen molar-refractivity contribution in [1.29, 1.82) is 0 Å². The van der Waals surface area contributed by atoms with Crippen molar-refractivity contribution in [3.63, 3.8) is 0 Å². The van der Waals surface area contributed by atoms with Gasteiger partial charge in [0.25, 0.3) is 11.7 Å². The molecule has 6 heteroatoms. The van der Waals surface area contributed by atoms with Crippen LogP contribution in [0.2, 0.25) is 0 Å². The van der Waals surface area contributed by atoms with E-state index in [1.165, 1.54) is 0 Å². The molecule has 1 saturated heterocycles. The lowest BCUT2D eigenvalue weighted by Crippen LogP contribution is -2.37. The van der Waals surface area contributed by atoms with E-state index in [4.69, 9.17) is 9.47 Å². The Balaban J connectivity index is 1.87. The van der Waals surface area contributed by atoms with Crippen LogP contribution in [0.15, 0.2) is 54.1 Å². The number of aliphatic hydroxyl groups excluding tert-OH is 1. The van der Waals surface area contributed by atoms with E-state index in [0.717, 1.165) is 31.2 Å². The molecule has 0 radical (unpaired) electrons. The van der Waals surface area contributed by atoms with Gasteiger partial charge in [0, 0.05) is 11.6 Å². The molecule has 1 atom stereocenters. The number of nitrogens with zero attached hydrogens (tertiary/aromatic N) is 1. The zero-order valence-corrected chi connectivity index (χ0v) is 17.1. The lowest BCUT2D eigenvalue weighted by molar-refractivity contribution is -0.141. The minimum absolute atomic E-state index is 0.0150. The second-order valence-electron chi connectivity index (χ2n) is 7.65. The van der Waals surface area contributed by atoms with Crippen LogP contribution in [0.3, 0.4) is 0 Å². The Hall–Kier alpha value is -3.28. The highest BCUT2D eigenvalue weighted by Gasteiger charge is 2.49. The van der Waals surface area contributed by atoms with Gasteiger partial charge in [-0.15, -0.1) is 0 Å². The fourth-order valence-electron chi connectivity index (χ4n) is 4.45. The second-order valence-corrected chi connectivity index (χ2v) is 7.65. The number of likely N-dealkylation sites (tertiary alicyclic amines) is 1. The standard InChI is InChI=1S/C24H25NO5/c1-29-18-12-10-15(11-13-18)22(26)20-21(16-6-5-9-19(14-16)30-2)25(24(28)23(20)27)17-7-3-4-8-17/h5-6,9-14,17,21,26H,3-4,7-8H2,1-2H3/b22-20-. The van der Waals surface area contributed by atoms with Crippen LogP contribution in [0, 0.1) is 0 Å². The van der Waals surface area contributed by atoms with Crippen molar-refractivity contribution in [2.45, 2.75) is 37.8 Å². The van der Waals surface area contributed by atoms with Crippen LogP contribution in [0.1, 0.15) is 42.9 Å². The molecule has 2 fully saturated rings.